The largest absolute Gasteiger partial charge is 0.343 e. The topological polar surface area (TPSA) is 76.7 Å². The average molecular weight is 284 g/mol. The number of hydrogen-bond donors (Lipinski definition) is 2. The molecule has 3 atom stereocenters. The van der Waals surface area contributed by atoms with Gasteiger partial charge in [0.1, 0.15) is 0 Å². The molecule has 5 nitrogen and oxygen atoms in total. The molecule has 19 heavy (non-hydrogen) atoms. The van der Waals surface area contributed by atoms with Crippen molar-refractivity contribution in [1.82, 2.24) is 14.8 Å². The van der Waals surface area contributed by atoms with Gasteiger partial charge < -0.3 is 5.73 Å². The van der Waals surface area contributed by atoms with E-state index in [2.05, 4.69) is 31.0 Å². The fourth-order valence-electron chi connectivity index (χ4n) is 2.65. The third kappa shape index (κ3) is 3.23. The Labute approximate surface area is 118 Å². The molecule has 2 rings (SSSR count). The van der Waals surface area contributed by atoms with Crippen molar-refractivity contribution in [2.75, 3.05) is 0 Å². The van der Waals surface area contributed by atoms with Crippen molar-refractivity contribution in [3.63, 3.8) is 0 Å². The van der Waals surface area contributed by atoms with Gasteiger partial charge in [-0.2, -0.15) is 0 Å². The summed E-state index contributed by atoms with van der Waals surface area (Å²) in [6.07, 6.45) is 3.34. The molecule has 1 aromatic heterocycles. The predicted octanol–water partition coefficient (Wildman–Crippen LogP) is 1.74. The molecule has 0 aromatic carbocycles. The third-order valence-electron chi connectivity index (χ3n) is 4.16. The molecule has 1 fully saturated rings. The smallest absolute Gasteiger partial charge is 0.327 e. The Morgan fingerprint density at radius 2 is 2.11 bits per heavy atom. The zero-order valence-electron chi connectivity index (χ0n) is 12.1. The van der Waals surface area contributed by atoms with Crippen LogP contribution >= 0.6 is 11.8 Å². The maximum atomic E-state index is 11.4. The lowest BCUT2D eigenvalue weighted by Crippen LogP contribution is -2.41. The zero-order chi connectivity index (χ0) is 14.2. The predicted molar refractivity (Wildman–Crippen MR) is 78.2 cm³/mol. The molecular formula is C13H24N4OS. The van der Waals surface area contributed by atoms with E-state index in [1.807, 2.05) is 0 Å². The fourth-order valence-corrected chi connectivity index (χ4v) is 3.90. The Morgan fingerprint density at radius 3 is 2.63 bits per heavy atom. The van der Waals surface area contributed by atoms with Crippen LogP contribution in [0.3, 0.4) is 0 Å². The van der Waals surface area contributed by atoms with Crippen LogP contribution in [0.5, 0.6) is 0 Å². The summed E-state index contributed by atoms with van der Waals surface area (Å²) in [7, 11) is 1.74. The number of H-pyrrole nitrogens is 1. The van der Waals surface area contributed by atoms with E-state index >= 15 is 0 Å². The van der Waals surface area contributed by atoms with Crippen LogP contribution in [-0.4, -0.2) is 26.1 Å². The quantitative estimate of drug-likeness (QED) is 0.867. The number of aromatic nitrogens is 3. The molecule has 0 amide bonds. The van der Waals surface area contributed by atoms with Crippen molar-refractivity contribution in [2.24, 2.45) is 24.1 Å². The van der Waals surface area contributed by atoms with Gasteiger partial charge >= 0.3 is 5.69 Å². The maximum Gasteiger partial charge on any atom is 0.343 e. The van der Waals surface area contributed by atoms with E-state index in [0.29, 0.717) is 16.6 Å². The van der Waals surface area contributed by atoms with Gasteiger partial charge in [-0.05, 0) is 30.6 Å². The van der Waals surface area contributed by atoms with Crippen molar-refractivity contribution in [3.8, 4) is 0 Å². The molecule has 0 radical (unpaired) electrons. The second-order valence-corrected chi connectivity index (χ2v) is 7.77. The van der Waals surface area contributed by atoms with Gasteiger partial charge in [-0.1, -0.05) is 32.5 Å². The molecular weight excluding hydrogens is 260 g/mol. The van der Waals surface area contributed by atoms with Crippen LogP contribution in [0.25, 0.3) is 0 Å². The number of rotatable bonds is 2. The van der Waals surface area contributed by atoms with Gasteiger partial charge in [0.05, 0.1) is 0 Å². The zero-order valence-corrected chi connectivity index (χ0v) is 13.0. The molecule has 3 unspecified atom stereocenters. The number of aromatic amines is 1. The molecule has 6 heteroatoms. The Balaban J connectivity index is 2.10. The lowest BCUT2D eigenvalue weighted by Gasteiger charge is -2.40. The Morgan fingerprint density at radius 1 is 1.42 bits per heavy atom. The van der Waals surface area contributed by atoms with Crippen LogP contribution in [0.2, 0.25) is 0 Å². The average Bonchev–Trinajstić information content (AvgIpc) is 2.62. The molecule has 0 saturated heterocycles. The van der Waals surface area contributed by atoms with E-state index in [1.54, 1.807) is 23.4 Å². The number of nitrogens with zero attached hydrogens (tertiary/aromatic N) is 2. The summed E-state index contributed by atoms with van der Waals surface area (Å²) in [6.45, 7) is 6.88. The van der Waals surface area contributed by atoms with Gasteiger partial charge in [0.2, 0.25) is 0 Å². The van der Waals surface area contributed by atoms with E-state index in [4.69, 9.17) is 5.73 Å². The molecule has 0 bridgehead atoms. The van der Waals surface area contributed by atoms with E-state index in [9.17, 15) is 4.79 Å². The van der Waals surface area contributed by atoms with E-state index in [-0.39, 0.29) is 11.7 Å². The minimum Gasteiger partial charge on any atom is -0.327 e. The first kappa shape index (κ1) is 14.7. The lowest BCUT2D eigenvalue weighted by atomic mass is 9.71. The van der Waals surface area contributed by atoms with Gasteiger partial charge in [0.25, 0.3) is 0 Å². The van der Waals surface area contributed by atoms with Crippen molar-refractivity contribution in [1.29, 1.82) is 0 Å². The highest BCUT2D eigenvalue weighted by Gasteiger charge is 2.35. The molecule has 108 valence electrons. The monoisotopic (exact) mass is 284 g/mol. The Bertz CT molecular complexity index is 488. The minimum atomic E-state index is -0.167. The SMILES string of the molecule is Cn1c(SC2CC(C(C)(C)C)CCC2N)n[nH]c1=O. The Hall–Kier alpha value is -0.750. The standard InChI is InChI=1S/C13H24N4OS/c1-13(2,3)8-5-6-9(14)10(7-8)19-12-16-15-11(18)17(12)4/h8-10H,5-7,14H2,1-4H3,(H,15,18). The van der Waals surface area contributed by atoms with E-state index in [0.717, 1.165) is 18.0 Å². The van der Waals surface area contributed by atoms with Crippen molar-refractivity contribution >= 4 is 11.8 Å². The van der Waals surface area contributed by atoms with Crippen LogP contribution in [0.1, 0.15) is 40.0 Å². The van der Waals surface area contributed by atoms with Crippen molar-refractivity contribution in [3.05, 3.63) is 10.5 Å². The van der Waals surface area contributed by atoms with Crippen molar-refractivity contribution < 1.29 is 0 Å². The van der Waals surface area contributed by atoms with Crippen LogP contribution in [0.4, 0.5) is 0 Å². The van der Waals surface area contributed by atoms with E-state index in [1.165, 1.54) is 6.42 Å². The first-order valence-corrected chi connectivity index (χ1v) is 7.70. The third-order valence-corrected chi connectivity index (χ3v) is 5.58. The first-order valence-electron chi connectivity index (χ1n) is 6.82. The summed E-state index contributed by atoms with van der Waals surface area (Å²) in [5, 5.41) is 7.62. The summed E-state index contributed by atoms with van der Waals surface area (Å²) >= 11 is 1.64. The highest BCUT2D eigenvalue weighted by molar-refractivity contribution is 7.99. The van der Waals surface area contributed by atoms with Gasteiger partial charge in [-0.25, -0.2) is 9.89 Å². The molecule has 0 spiro atoms. The Kier molecular flexibility index (Phi) is 4.11. The normalized spacial score (nSPS) is 28.6. The minimum absolute atomic E-state index is 0.167. The fraction of sp³-hybridized carbons (Fsp3) is 0.846. The maximum absolute atomic E-state index is 11.4. The van der Waals surface area contributed by atoms with Gasteiger partial charge in [0, 0.05) is 18.3 Å². The number of nitrogens with two attached hydrogens (primary N) is 1. The molecule has 1 heterocycles. The molecule has 1 aliphatic rings. The van der Waals surface area contributed by atoms with Gasteiger partial charge in [-0.15, -0.1) is 5.10 Å². The molecule has 0 aliphatic heterocycles. The van der Waals surface area contributed by atoms with Crippen molar-refractivity contribution in [2.45, 2.75) is 56.5 Å². The van der Waals surface area contributed by atoms with Gasteiger partial charge in [-0.3, -0.25) is 4.57 Å². The van der Waals surface area contributed by atoms with Gasteiger partial charge in [0.15, 0.2) is 5.16 Å². The number of thioether (sulfide) groups is 1. The van der Waals surface area contributed by atoms with E-state index < -0.39 is 0 Å². The molecule has 1 aromatic rings. The molecule has 1 saturated carbocycles. The van der Waals surface area contributed by atoms with Crippen LogP contribution in [0.15, 0.2) is 9.95 Å². The summed E-state index contributed by atoms with van der Waals surface area (Å²) < 4.78 is 1.55. The first-order chi connectivity index (χ1) is 8.79. The second-order valence-electron chi connectivity index (χ2n) is 6.57. The second kappa shape index (κ2) is 5.32. The number of nitrogens with one attached hydrogen (secondary N) is 1. The summed E-state index contributed by atoms with van der Waals surface area (Å²) in [5.74, 6) is 0.681. The summed E-state index contributed by atoms with van der Waals surface area (Å²) in [6, 6.07) is 0.190. The summed E-state index contributed by atoms with van der Waals surface area (Å²) in [5.41, 5.74) is 6.39. The highest BCUT2D eigenvalue weighted by Crippen LogP contribution is 2.42. The lowest BCUT2D eigenvalue weighted by molar-refractivity contribution is 0.174. The highest BCUT2D eigenvalue weighted by atomic mass is 32.2. The molecule has 1 aliphatic carbocycles. The van der Waals surface area contributed by atoms with Crippen LogP contribution in [0, 0.1) is 11.3 Å². The molecule has 3 N–H and O–H groups in total. The summed E-state index contributed by atoms with van der Waals surface area (Å²) in [4.78, 5) is 11.4. The van der Waals surface area contributed by atoms with Crippen LogP contribution < -0.4 is 11.4 Å². The number of hydrogen-bond acceptors (Lipinski definition) is 4. The van der Waals surface area contributed by atoms with Crippen LogP contribution in [-0.2, 0) is 7.05 Å².